The highest BCUT2D eigenvalue weighted by Gasteiger charge is 2.48. The largest absolute Gasteiger partial charge is 0.495 e. The first-order chi connectivity index (χ1) is 22.5. The Labute approximate surface area is 281 Å². The maximum Gasteiger partial charge on any atom is 0.347 e. The summed E-state index contributed by atoms with van der Waals surface area (Å²) < 4.78 is 22.8. The molecule has 4 rings (SSSR count). The van der Waals surface area contributed by atoms with E-state index in [1.165, 1.54) is 13.2 Å². The van der Waals surface area contributed by atoms with E-state index in [1.54, 1.807) is 32.1 Å². The first-order valence-electron chi connectivity index (χ1n) is 16.1. The quantitative estimate of drug-likeness (QED) is 0.127. The third-order valence-corrected chi connectivity index (χ3v) is 8.93. The molecular formula is C36H45ClN2O8. The van der Waals surface area contributed by atoms with Gasteiger partial charge in [0.05, 0.1) is 24.2 Å². The number of nitrogens with one attached hydrogen (secondary N) is 1. The van der Waals surface area contributed by atoms with Crippen LogP contribution >= 0.6 is 11.6 Å². The lowest BCUT2D eigenvalue weighted by molar-refractivity contribution is -0.176. The molecule has 2 amide bonds. The van der Waals surface area contributed by atoms with Gasteiger partial charge in [0.15, 0.2) is 6.10 Å². The van der Waals surface area contributed by atoms with E-state index in [4.69, 9.17) is 36.3 Å². The van der Waals surface area contributed by atoms with Crippen LogP contribution in [0.4, 0.5) is 0 Å². The number of hydrogen-bond acceptors (Lipinski definition) is 8. The maximum absolute atomic E-state index is 13.5. The van der Waals surface area contributed by atoms with Crippen molar-refractivity contribution in [3.8, 4) is 5.75 Å². The molecule has 1 aliphatic carbocycles. The average Bonchev–Trinajstić information content (AvgIpc) is 3.98. The topological polar surface area (TPSA) is 147 Å². The number of rotatable bonds is 18. The molecule has 11 heteroatoms. The zero-order chi connectivity index (χ0) is 34.1. The summed E-state index contributed by atoms with van der Waals surface area (Å²) in [6.07, 6.45) is 3.71. The summed E-state index contributed by atoms with van der Waals surface area (Å²) in [5.41, 5.74) is 7.19. The number of benzene rings is 2. The number of methoxy groups -OCH3 is 1. The lowest BCUT2D eigenvalue weighted by atomic mass is 9.93. The van der Waals surface area contributed by atoms with Crippen LogP contribution in [0.3, 0.4) is 0 Å². The number of hydrogen-bond donors (Lipinski definition) is 2. The van der Waals surface area contributed by atoms with Crippen LogP contribution in [0.25, 0.3) is 0 Å². The molecule has 0 radical (unpaired) electrons. The number of carbonyl (C=O) groups is 4. The van der Waals surface area contributed by atoms with Crippen molar-refractivity contribution in [2.24, 2.45) is 29.4 Å². The number of primary amides is 1. The fraction of sp³-hybridized carbons (Fsp3) is 0.500. The predicted molar refractivity (Wildman–Crippen MR) is 176 cm³/mol. The van der Waals surface area contributed by atoms with Crippen LogP contribution < -0.4 is 15.8 Å². The maximum atomic E-state index is 13.5. The van der Waals surface area contributed by atoms with Crippen molar-refractivity contribution in [2.45, 2.75) is 77.3 Å². The lowest BCUT2D eigenvalue weighted by Crippen LogP contribution is -2.39. The highest BCUT2D eigenvalue weighted by molar-refractivity contribution is 6.32. The molecule has 2 aromatic carbocycles. The monoisotopic (exact) mass is 668 g/mol. The molecule has 2 aromatic rings. The molecular weight excluding hydrogens is 624 g/mol. The van der Waals surface area contributed by atoms with E-state index in [0.717, 1.165) is 24.0 Å². The normalized spacial score (nSPS) is 20.4. The number of esters is 2. The number of halogens is 1. The van der Waals surface area contributed by atoms with Crippen molar-refractivity contribution < 1.29 is 38.1 Å². The van der Waals surface area contributed by atoms with Crippen molar-refractivity contribution in [1.29, 1.82) is 0 Å². The minimum absolute atomic E-state index is 0.0496. The summed E-state index contributed by atoms with van der Waals surface area (Å²) in [4.78, 5) is 50.8. The molecule has 2 fully saturated rings. The molecule has 1 saturated carbocycles. The van der Waals surface area contributed by atoms with Crippen molar-refractivity contribution in [1.82, 2.24) is 5.32 Å². The van der Waals surface area contributed by atoms with Gasteiger partial charge in [-0.2, -0.15) is 0 Å². The molecule has 1 heterocycles. The van der Waals surface area contributed by atoms with Crippen LogP contribution in [0.1, 0.15) is 63.7 Å². The molecule has 0 unspecified atom stereocenters. The first kappa shape index (κ1) is 36.0. The Bertz CT molecular complexity index is 1430. The number of ether oxygens (including phenoxy) is 4. The Hall–Kier alpha value is -3.89. The van der Waals surface area contributed by atoms with Gasteiger partial charge in [0.2, 0.25) is 11.8 Å². The van der Waals surface area contributed by atoms with E-state index in [2.05, 4.69) is 5.32 Å². The number of carbonyl (C=O) groups excluding carboxylic acids is 4. The molecule has 2 aliphatic rings. The zero-order valence-corrected chi connectivity index (χ0v) is 28.1. The zero-order valence-electron chi connectivity index (χ0n) is 27.4. The Kier molecular flexibility index (Phi) is 12.8. The summed E-state index contributed by atoms with van der Waals surface area (Å²) in [5, 5.41) is 3.29. The molecule has 0 bridgehead atoms. The molecule has 0 spiro atoms. The van der Waals surface area contributed by atoms with E-state index in [-0.39, 0.29) is 48.8 Å². The summed E-state index contributed by atoms with van der Waals surface area (Å²) in [7, 11) is 1.54. The third kappa shape index (κ3) is 10.8. The summed E-state index contributed by atoms with van der Waals surface area (Å²) >= 11 is 6.22. The van der Waals surface area contributed by atoms with Gasteiger partial charge in [-0.15, -0.1) is 0 Å². The molecule has 7 atom stereocenters. The van der Waals surface area contributed by atoms with E-state index < -0.39 is 36.0 Å². The molecule has 254 valence electrons. The SMILES string of the molecule is COc1ccc(C[C@@H](C)C(=O)NC[C@@H](C)C(=O)O[C@@H](CC2CC2)C(=O)O[C@@H](C/C=C/C(N)=O)[C@H](C)[C@H]2O[C@@H]2c2ccccc2)cc1Cl. The molecule has 47 heavy (non-hydrogen) atoms. The van der Waals surface area contributed by atoms with Gasteiger partial charge in [-0.25, -0.2) is 4.79 Å². The highest BCUT2D eigenvalue weighted by Crippen LogP contribution is 2.45. The van der Waals surface area contributed by atoms with Crippen LogP contribution in [-0.4, -0.2) is 55.7 Å². The second-order valence-corrected chi connectivity index (χ2v) is 13.0. The van der Waals surface area contributed by atoms with Crippen LogP contribution in [0.2, 0.25) is 5.02 Å². The van der Waals surface area contributed by atoms with Gasteiger partial charge in [-0.1, -0.05) is 87.7 Å². The van der Waals surface area contributed by atoms with Crippen molar-refractivity contribution in [2.75, 3.05) is 13.7 Å². The third-order valence-electron chi connectivity index (χ3n) is 8.63. The van der Waals surface area contributed by atoms with Crippen molar-refractivity contribution in [3.63, 3.8) is 0 Å². The van der Waals surface area contributed by atoms with Gasteiger partial charge in [0.25, 0.3) is 0 Å². The molecule has 0 aromatic heterocycles. The van der Waals surface area contributed by atoms with E-state index in [9.17, 15) is 19.2 Å². The van der Waals surface area contributed by atoms with Crippen molar-refractivity contribution >= 4 is 35.4 Å². The second kappa shape index (κ2) is 16.8. The van der Waals surface area contributed by atoms with Gasteiger partial charge in [-0.3, -0.25) is 14.4 Å². The Morgan fingerprint density at radius 2 is 1.74 bits per heavy atom. The molecule has 3 N–H and O–H groups in total. The minimum atomic E-state index is -1.09. The second-order valence-electron chi connectivity index (χ2n) is 12.6. The van der Waals surface area contributed by atoms with Gasteiger partial charge in [0.1, 0.15) is 18.0 Å². The number of epoxide rings is 1. The summed E-state index contributed by atoms with van der Waals surface area (Å²) in [6, 6.07) is 15.2. The number of amides is 2. The average molecular weight is 669 g/mol. The molecule has 10 nitrogen and oxygen atoms in total. The molecule has 1 saturated heterocycles. The van der Waals surface area contributed by atoms with Crippen LogP contribution in [0.15, 0.2) is 60.7 Å². The molecule has 1 aliphatic heterocycles. The lowest BCUT2D eigenvalue weighted by Gasteiger charge is -2.26. The van der Waals surface area contributed by atoms with Gasteiger partial charge < -0.3 is 30.0 Å². The van der Waals surface area contributed by atoms with Crippen LogP contribution in [0.5, 0.6) is 5.75 Å². The Balaban J connectivity index is 1.33. The van der Waals surface area contributed by atoms with Gasteiger partial charge in [-0.05, 0) is 48.1 Å². The van der Waals surface area contributed by atoms with Crippen LogP contribution in [0, 0.1) is 23.7 Å². The minimum Gasteiger partial charge on any atom is -0.495 e. The van der Waals surface area contributed by atoms with E-state index in [1.807, 2.05) is 43.3 Å². The highest BCUT2D eigenvalue weighted by atomic mass is 35.5. The Morgan fingerprint density at radius 3 is 2.38 bits per heavy atom. The van der Waals surface area contributed by atoms with Crippen molar-refractivity contribution in [3.05, 3.63) is 76.8 Å². The van der Waals surface area contributed by atoms with Crippen LogP contribution in [-0.2, 0) is 39.8 Å². The van der Waals surface area contributed by atoms with E-state index >= 15 is 0 Å². The predicted octanol–water partition coefficient (Wildman–Crippen LogP) is 5.11. The van der Waals surface area contributed by atoms with E-state index in [0.29, 0.717) is 23.6 Å². The fourth-order valence-electron chi connectivity index (χ4n) is 5.46. The van der Waals surface area contributed by atoms with Gasteiger partial charge >= 0.3 is 11.9 Å². The smallest absolute Gasteiger partial charge is 0.347 e. The fourth-order valence-corrected chi connectivity index (χ4v) is 5.74. The van der Waals surface area contributed by atoms with Gasteiger partial charge in [0, 0.05) is 24.8 Å². The first-order valence-corrected chi connectivity index (χ1v) is 16.5. The number of nitrogens with two attached hydrogens (primary N) is 1. The Morgan fingerprint density at radius 1 is 1.02 bits per heavy atom. The summed E-state index contributed by atoms with van der Waals surface area (Å²) in [5.74, 6) is -2.54. The summed E-state index contributed by atoms with van der Waals surface area (Å²) in [6.45, 7) is 5.42. The standard InChI is InChI=1S/C36H45ClN2O8/c1-21(17-25-15-16-29(44-4)27(37)18-25)34(41)39-20-22(2)35(42)46-30(19-24-13-14-24)36(43)45-28(11-8-12-31(38)40)23(3)32-33(47-32)26-9-6-5-7-10-26/h5-10,12,15-16,18,21-24,28,30,32-33H,11,13-14,17,19-20H2,1-4H3,(H2,38,40)(H,39,41)/b12-8+/t21-,22-,23+,28+,30+,32-,33-/m1/s1.